The first-order valence-electron chi connectivity index (χ1n) is 9.70. The fraction of sp³-hybridized carbons (Fsp3) is 0.174. The number of carbonyl (C=O) groups is 1. The molecule has 174 valence electrons. The number of hydrogen-bond acceptors (Lipinski definition) is 7. The fourth-order valence-electron chi connectivity index (χ4n) is 3.07. The van der Waals surface area contributed by atoms with E-state index in [-0.39, 0.29) is 16.1 Å². The minimum absolute atomic E-state index is 0.00763. The lowest BCUT2D eigenvalue weighted by molar-refractivity contribution is 0.102. The Labute approximate surface area is 192 Å². The molecule has 0 atom stereocenters. The van der Waals surface area contributed by atoms with E-state index in [9.17, 15) is 13.2 Å². The van der Waals surface area contributed by atoms with Crippen LogP contribution in [-0.4, -0.2) is 42.8 Å². The Bertz CT molecular complexity index is 1220. The predicted molar refractivity (Wildman–Crippen MR) is 124 cm³/mol. The zero-order valence-electron chi connectivity index (χ0n) is 18.5. The van der Waals surface area contributed by atoms with E-state index in [1.165, 1.54) is 52.7 Å². The van der Waals surface area contributed by atoms with Gasteiger partial charge in [-0.15, -0.1) is 0 Å². The van der Waals surface area contributed by atoms with Crippen molar-refractivity contribution in [3.8, 4) is 23.0 Å². The van der Waals surface area contributed by atoms with Crippen LogP contribution in [0.5, 0.6) is 23.0 Å². The normalized spacial score (nSPS) is 10.8. The molecule has 0 saturated carbocycles. The van der Waals surface area contributed by atoms with Gasteiger partial charge in [-0.05, 0) is 48.5 Å². The first-order chi connectivity index (χ1) is 15.8. The van der Waals surface area contributed by atoms with Crippen LogP contribution in [0.2, 0.25) is 0 Å². The van der Waals surface area contributed by atoms with Crippen LogP contribution in [0.4, 0.5) is 11.4 Å². The van der Waals surface area contributed by atoms with Crippen LogP contribution < -0.4 is 29.0 Å². The number of hydrogen-bond donors (Lipinski definition) is 2. The van der Waals surface area contributed by atoms with Gasteiger partial charge < -0.3 is 24.3 Å². The van der Waals surface area contributed by atoms with Crippen molar-refractivity contribution in [1.82, 2.24) is 0 Å². The molecule has 33 heavy (non-hydrogen) atoms. The number of nitrogens with one attached hydrogen (secondary N) is 2. The molecule has 0 fully saturated rings. The molecule has 3 aromatic carbocycles. The van der Waals surface area contributed by atoms with Crippen molar-refractivity contribution < 1.29 is 32.2 Å². The van der Waals surface area contributed by atoms with Gasteiger partial charge in [0, 0.05) is 11.8 Å². The first-order valence-corrected chi connectivity index (χ1v) is 11.2. The molecule has 2 N–H and O–H groups in total. The maximum atomic E-state index is 12.8. The molecule has 0 heterocycles. The van der Waals surface area contributed by atoms with E-state index >= 15 is 0 Å². The molecule has 0 radical (unpaired) electrons. The van der Waals surface area contributed by atoms with Crippen molar-refractivity contribution in [2.24, 2.45) is 0 Å². The molecule has 0 aliphatic carbocycles. The van der Waals surface area contributed by atoms with E-state index in [1.807, 2.05) is 0 Å². The van der Waals surface area contributed by atoms with Gasteiger partial charge in [0.2, 0.25) is 0 Å². The number of sulfonamides is 1. The molecule has 0 bridgehead atoms. The summed E-state index contributed by atoms with van der Waals surface area (Å²) in [4.78, 5) is 12.8. The highest BCUT2D eigenvalue weighted by atomic mass is 32.2. The van der Waals surface area contributed by atoms with Gasteiger partial charge in [-0.3, -0.25) is 9.52 Å². The molecule has 3 rings (SSSR count). The Balaban J connectivity index is 1.80. The highest BCUT2D eigenvalue weighted by molar-refractivity contribution is 7.92. The number of amides is 1. The third-order valence-electron chi connectivity index (χ3n) is 4.73. The van der Waals surface area contributed by atoms with Gasteiger partial charge in [0.05, 0.1) is 39.0 Å². The standard InChI is InChI=1S/C23H24N2O7S/c1-29-16-10-13-18(21(14-16)32-4)25-33(27,28)17-11-8-15(9-12-17)24-23(26)22-19(30-2)6-5-7-20(22)31-3/h5-14,25H,1-4H3,(H,24,26). The lowest BCUT2D eigenvalue weighted by atomic mass is 10.1. The summed E-state index contributed by atoms with van der Waals surface area (Å²) in [6.07, 6.45) is 0. The summed E-state index contributed by atoms with van der Waals surface area (Å²) in [7, 11) is 1.94. The Kier molecular flexibility index (Phi) is 7.29. The number of methoxy groups -OCH3 is 4. The SMILES string of the molecule is COc1ccc(NS(=O)(=O)c2ccc(NC(=O)c3c(OC)cccc3OC)cc2)c(OC)c1. The highest BCUT2D eigenvalue weighted by Gasteiger charge is 2.20. The second-order valence-corrected chi connectivity index (χ2v) is 8.37. The second kappa shape index (κ2) is 10.1. The van der Waals surface area contributed by atoms with E-state index < -0.39 is 15.9 Å². The van der Waals surface area contributed by atoms with Crippen molar-refractivity contribution in [3.05, 3.63) is 66.2 Å². The zero-order chi connectivity index (χ0) is 24.0. The summed E-state index contributed by atoms with van der Waals surface area (Å²) in [5.41, 5.74) is 0.889. The molecule has 0 aliphatic rings. The molecule has 3 aromatic rings. The monoisotopic (exact) mass is 472 g/mol. The van der Waals surface area contributed by atoms with E-state index in [0.29, 0.717) is 28.7 Å². The van der Waals surface area contributed by atoms with Crippen LogP contribution in [0.25, 0.3) is 0 Å². The summed E-state index contributed by atoms with van der Waals surface area (Å²) < 4.78 is 49.0. The largest absolute Gasteiger partial charge is 0.497 e. The number of benzene rings is 3. The Hall–Kier alpha value is -3.92. The minimum Gasteiger partial charge on any atom is -0.497 e. The molecule has 9 nitrogen and oxygen atoms in total. The van der Waals surface area contributed by atoms with E-state index in [0.717, 1.165) is 0 Å². The van der Waals surface area contributed by atoms with Crippen LogP contribution in [0, 0.1) is 0 Å². The maximum absolute atomic E-state index is 12.8. The van der Waals surface area contributed by atoms with Crippen LogP contribution in [0.1, 0.15) is 10.4 Å². The Morgan fingerprint density at radius 2 is 1.36 bits per heavy atom. The maximum Gasteiger partial charge on any atom is 0.263 e. The van der Waals surface area contributed by atoms with Crippen LogP contribution >= 0.6 is 0 Å². The lowest BCUT2D eigenvalue weighted by Gasteiger charge is -2.14. The van der Waals surface area contributed by atoms with Crippen molar-refractivity contribution in [2.75, 3.05) is 38.5 Å². The minimum atomic E-state index is -3.91. The second-order valence-electron chi connectivity index (χ2n) is 6.69. The molecule has 0 aliphatic heterocycles. The van der Waals surface area contributed by atoms with E-state index in [1.54, 1.807) is 36.4 Å². The quantitative estimate of drug-likeness (QED) is 0.487. The smallest absolute Gasteiger partial charge is 0.263 e. The number of carbonyl (C=O) groups excluding carboxylic acids is 1. The van der Waals surface area contributed by atoms with Crippen molar-refractivity contribution in [3.63, 3.8) is 0 Å². The molecular formula is C23H24N2O7S. The molecular weight excluding hydrogens is 448 g/mol. The highest BCUT2D eigenvalue weighted by Crippen LogP contribution is 2.32. The summed E-state index contributed by atoms with van der Waals surface area (Å²) in [5, 5.41) is 2.72. The summed E-state index contributed by atoms with van der Waals surface area (Å²) >= 11 is 0. The van der Waals surface area contributed by atoms with Crippen LogP contribution in [0.15, 0.2) is 65.6 Å². The van der Waals surface area contributed by atoms with Crippen molar-refractivity contribution in [1.29, 1.82) is 0 Å². The van der Waals surface area contributed by atoms with E-state index in [4.69, 9.17) is 18.9 Å². The van der Waals surface area contributed by atoms with Gasteiger partial charge >= 0.3 is 0 Å². The molecule has 0 saturated heterocycles. The fourth-order valence-corrected chi connectivity index (χ4v) is 4.14. The Morgan fingerprint density at radius 3 is 1.91 bits per heavy atom. The van der Waals surface area contributed by atoms with Gasteiger partial charge in [0.15, 0.2) is 0 Å². The molecule has 0 aromatic heterocycles. The topological polar surface area (TPSA) is 112 Å². The molecule has 0 unspecified atom stereocenters. The van der Waals surface area contributed by atoms with Gasteiger partial charge in [-0.2, -0.15) is 0 Å². The summed E-state index contributed by atoms with van der Waals surface area (Å²) in [6, 6.07) is 15.5. The third-order valence-corrected chi connectivity index (χ3v) is 6.11. The summed E-state index contributed by atoms with van der Waals surface area (Å²) in [5.74, 6) is 1.09. The lowest BCUT2D eigenvalue weighted by Crippen LogP contribution is -2.16. The Morgan fingerprint density at radius 1 is 0.758 bits per heavy atom. The molecule has 0 spiro atoms. The zero-order valence-corrected chi connectivity index (χ0v) is 19.4. The third kappa shape index (κ3) is 5.29. The molecule has 10 heteroatoms. The number of anilines is 2. The van der Waals surface area contributed by atoms with Crippen LogP contribution in [0.3, 0.4) is 0 Å². The van der Waals surface area contributed by atoms with Gasteiger partial charge in [0.1, 0.15) is 28.6 Å². The van der Waals surface area contributed by atoms with Gasteiger partial charge in [-0.25, -0.2) is 8.42 Å². The average Bonchev–Trinajstić information content (AvgIpc) is 2.83. The molecule has 1 amide bonds. The van der Waals surface area contributed by atoms with E-state index in [2.05, 4.69) is 10.0 Å². The number of ether oxygens (including phenoxy) is 4. The summed E-state index contributed by atoms with van der Waals surface area (Å²) in [6.45, 7) is 0. The number of rotatable bonds is 9. The van der Waals surface area contributed by atoms with Crippen molar-refractivity contribution >= 4 is 27.3 Å². The van der Waals surface area contributed by atoms with Gasteiger partial charge in [0.25, 0.3) is 15.9 Å². The first kappa shape index (κ1) is 23.7. The van der Waals surface area contributed by atoms with Gasteiger partial charge in [-0.1, -0.05) is 6.07 Å². The van der Waals surface area contributed by atoms with Crippen LogP contribution in [-0.2, 0) is 10.0 Å². The predicted octanol–water partition coefficient (Wildman–Crippen LogP) is 3.77. The van der Waals surface area contributed by atoms with Crippen molar-refractivity contribution in [2.45, 2.75) is 4.90 Å². The average molecular weight is 473 g/mol.